The van der Waals surface area contributed by atoms with Crippen molar-refractivity contribution in [2.24, 2.45) is 0 Å². The van der Waals surface area contributed by atoms with Gasteiger partial charge in [-0.15, -0.1) is 0 Å². The molecule has 0 saturated heterocycles. The fraction of sp³-hybridized carbons (Fsp3) is 0.214. The monoisotopic (exact) mass is 229 g/mol. The number of methoxy groups -OCH3 is 1. The summed E-state index contributed by atoms with van der Waals surface area (Å²) in [5.41, 5.74) is 2.49. The Morgan fingerprint density at radius 2 is 1.88 bits per heavy atom. The average molecular weight is 229 g/mol. The van der Waals surface area contributed by atoms with Gasteiger partial charge in [-0.05, 0) is 36.2 Å². The smallest absolute Gasteiger partial charge is 0.121 e. The van der Waals surface area contributed by atoms with Crippen LogP contribution in [0.4, 0.5) is 0 Å². The lowest BCUT2D eigenvalue weighted by Gasteiger charge is -2.13. The number of aryl methyl sites for hydroxylation is 1. The van der Waals surface area contributed by atoms with Gasteiger partial charge in [0.2, 0.25) is 0 Å². The van der Waals surface area contributed by atoms with E-state index in [2.05, 4.69) is 4.98 Å². The van der Waals surface area contributed by atoms with Crippen LogP contribution in [0.25, 0.3) is 0 Å². The van der Waals surface area contributed by atoms with Crippen molar-refractivity contribution in [2.45, 2.75) is 13.0 Å². The van der Waals surface area contributed by atoms with Gasteiger partial charge >= 0.3 is 0 Å². The van der Waals surface area contributed by atoms with Crippen molar-refractivity contribution >= 4 is 0 Å². The summed E-state index contributed by atoms with van der Waals surface area (Å²) in [6, 6.07) is 11.2. The molecule has 1 aromatic heterocycles. The van der Waals surface area contributed by atoms with Gasteiger partial charge in [-0.1, -0.05) is 18.2 Å². The van der Waals surface area contributed by atoms with E-state index in [1.807, 2.05) is 43.3 Å². The van der Waals surface area contributed by atoms with E-state index in [0.717, 1.165) is 16.9 Å². The summed E-state index contributed by atoms with van der Waals surface area (Å²) in [4.78, 5) is 4.22. The molecule has 2 rings (SSSR count). The van der Waals surface area contributed by atoms with Gasteiger partial charge in [0.25, 0.3) is 0 Å². The van der Waals surface area contributed by atoms with Crippen molar-refractivity contribution in [3.63, 3.8) is 0 Å². The molecule has 0 saturated carbocycles. The Morgan fingerprint density at radius 1 is 1.18 bits per heavy atom. The van der Waals surface area contributed by atoms with E-state index in [1.54, 1.807) is 13.3 Å². The minimum Gasteiger partial charge on any atom is -0.497 e. The molecule has 3 nitrogen and oxygen atoms in total. The van der Waals surface area contributed by atoms with E-state index < -0.39 is 6.10 Å². The molecule has 0 aliphatic carbocycles. The lowest BCUT2D eigenvalue weighted by atomic mass is 10.0. The second-order valence-electron chi connectivity index (χ2n) is 3.88. The number of aliphatic hydroxyl groups excluding tert-OH is 1. The highest BCUT2D eigenvalue weighted by Gasteiger charge is 2.13. The molecule has 0 radical (unpaired) electrons. The highest BCUT2D eigenvalue weighted by atomic mass is 16.5. The zero-order valence-electron chi connectivity index (χ0n) is 9.92. The third kappa shape index (κ3) is 2.45. The third-order valence-corrected chi connectivity index (χ3v) is 2.74. The number of hydrogen-bond donors (Lipinski definition) is 1. The quantitative estimate of drug-likeness (QED) is 0.879. The summed E-state index contributed by atoms with van der Waals surface area (Å²) in [5, 5.41) is 10.2. The predicted molar refractivity (Wildman–Crippen MR) is 66.0 cm³/mol. The minimum absolute atomic E-state index is 0.692. The lowest BCUT2D eigenvalue weighted by molar-refractivity contribution is 0.214. The summed E-state index contributed by atoms with van der Waals surface area (Å²) < 4.78 is 5.08. The first-order valence-corrected chi connectivity index (χ1v) is 5.46. The Kier molecular flexibility index (Phi) is 3.40. The predicted octanol–water partition coefficient (Wildman–Crippen LogP) is 2.48. The Morgan fingerprint density at radius 3 is 2.47 bits per heavy atom. The van der Waals surface area contributed by atoms with Crippen LogP contribution in [0.5, 0.6) is 5.75 Å². The first-order valence-electron chi connectivity index (χ1n) is 5.46. The topological polar surface area (TPSA) is 42.4 Å². The van der Waals surface area contributed by atoms with Gasteiger partial charge in [-0.25, -0.2) is 0 Å². The number of rotatable bonds is 3. The van der Waals surface area contributed by atoms with Gasteiger partial charge in [0, 0.05) is 6.20 Å². The van der Waals surface area contributed by atoms with Crippen molar-refractivity contribution in [1.82, 2.24) is 4.98 Å². The molecule has 1 unspecified atom stereocenters. The van der Waals surface area contributed by atoms with Crippen molar-refractivity contribution < 1.29 is 9.84 Å². The van der Waals surface area contributed by atoms with Crippen LogP contribution in [0.3, 0.4) is 0 Å². The zero-order valence-corrected chi connectivity index (χ0v) is 9.92. The number of aliphatic hydroxyl groups is 1. The van der Waals surface area contributed by atoms with Crippen molar-refractivity contribution in [2.75, 3.05) is 7.11 Å². The van der Waals surface area contributed by atoms with E-state index >= 15 is 0 Å². The van der Waals surface area contributed by atoms with Crippen LogP contribution in [0.1, 0.15) is 22.9 Å². The molecule has 0 aliphatic rings. The molecular formula is C14H15NO2. The Balaban J connectivity index is 2.30. The van der Waals surface area contributed by atoms with Crippen LogP contribution in [-0.2, 0) is 0 Å². The number of ether oxygens (including phenoxy) is 1. The van der Waals surface area contributed by atoms with Crippen LogP contribution in [-0.4, -0.2) is 17.2 Å². The normalized spacial score (nSPS) is 12.2. The highest BCUT2D eigenvalue weighted by Crippen LogP contribution is 2.24. The van der Waals surface area contributed by atoms with E-state index in [1.165, 1.54) is 0 Å². The van der Waals surface area contributed by atoms with Gasteiger partial charge in [0.15, 0.2) is 0 Å². The summed E-state index contributed by atoms with van der Waals surface area (Å²) in [7, 11) is 1.62. The molecule has 3 heteroatoms. The van der Waals surface area contributed by atoms with Crippen molar-refractivity contribution in [3.8, 4) is 5.75 Å². The SMILES string of the molecule is COc1ccc(C(O)c2ncccc2C)cc1. The molecule has 2 aromatic rings. The number of aromatic nitrogens is 1. The Labute approximate surface area is 101 Å². The number of benzene rings is 1. The van der Waals surface area contributed by atoms with E-state index in [4.69, 9.17) is 4.74 Å². The summed E-state index contributed by atoms with van der Waals surface area (Å²) in [6.45, 7) is 1.94. The molecule has 88 valence electrons. The molecular weight excluding hydrogens is 214 g/mol. The van der Waals surface area contributed by atoms with E-state index in [-0.39, 0.29) is 0 Å². The van der Waals surface area contributed by atoms with Crippen LogP contribution in [0.2, 0.25) is 0 Å². The van der Waals surface area contributed by atoms with Crippen LogP contribution in [0, 0.1) is 6.92 Å². The lowest BCUT2D eigenvalue weighted by Crippen LogP contribution is -2.04. The van der Waals surface area contributed by atoms with Gasteiger partial charge in [-0.2, -0.15) is 0 Å². The molecule has 17 heavy (non-hydrogen) atoms. The van der Waals surface area contributed by atoms with Crippen molar-refractivity contribution in [3.05, 3.63) is 59.4 Å². The molecule has 1 aromatic carbocycles. The fourth-order valence-electron chi connectivity index (χ4n) is 1.73. The molecule has 0 aliphatic heterocycles. The van der Waals surface area contributed by atoms with Crippen LogP contribution < -0.4 is 4.74 Å². The maximum Gasteiger partial charge on any atom is 0.121 e. The van der Waals surface area contributed by atoms with Crippen LogP contribution >= 0.6 is 0 Å². The molecule has 0 fully saturated rings. The van der Waals surface area contributed by atoms with Crippen LogP contribution in [0.15, 0.2) is 42.6 Å². The molecule has 1 heterocycles. The standard InChI is InChI=1S/C14H15NO2/c1-10-4-3-9-15-13(10)14(16)11-5-7-12(17-2)8-6-11/h3-9,14,16H,1-2H3. The average Bonchev–Trinajstić information content (AvgIpc) is 2.39. The van der Waals surface area contributed by atoms with E-state index in [0.29, 0.717) is 5.69 Å². The first-order chi connectivity index (χ1) is 8.22. The molecule has 0 amide bonds. The van der Waals surface area contributed by atoms with Gasteiger partial charge in [0.05, 0.1) is 12.8 Å². The second kappa shape index (κ2) is 4.97. The highest BCUT2D eigenvalue weighted by molar-refractivity contribution is 5.34. The van der Waals surface area contributed by atoms with Gasteiger partial charge < -0.3 is 9.84 Å². The fourth-order valence-corrected chi connectivity index (χ4v) is 1.73. The molecule has 1 N–H and O–H groups in total. The number of pyridine rings is 1. The maximum absolute atomic E-state index is 10.2. The van der Waals surface area contributed by atoms with Gasteiger partial charge in [0.1, 0.15) is 11.9 Å². The largest absolute Gasteiger partial charge is 0.497 e. The zero-order chi connectivity index (χ0) is 12.3. The number of nitrogens with zero attached hydrogens (tertiary/aromatic N) is 1. The Hall–Kier alpha value is -1.87. The third-order valence-electron chi connectivity index (χ3n) is 2.74. The Bertz CT molecular complexity index is 494. The number of hydrogen-bond acceptors (Lipinski definition) is 3. The summed E-state index contributed by atoms with van der Waals surface area (Å²) in [5.74, 6) is 0.777. The molecule has 0 bridgehead atoms. The molecule has 0 spiro atoms. The van der Waals surface area contributed by atoms with Crippen molar-refractivity contribution in [1.29, 1.82) is 0 Å². The summed E-state index contributed by atoms with van der Waals surface area (Å²) >= 11 is 0. The molecule has 1 atom stereocenters. The minimum atomic E-state index is -0.692. The van der Waals surface area contributed by atoms with Gasteiger partial charge in [-0.3, -0.25) is 4.98 Å². The second-order valence-corrected chi connectivity index (χ2v) is 3.88. The summed E-state index contributed by atoms with van der Waals surface area (Å²) in [6.07, 6.45) is 0.997. The maximum atomic E-state index is 10.2. The first kappa shape index (κ1) is 11.6. The van der Waals surface area contributed by atoms with E-state index in [9.17, 15) is 5.11 Å².